The normalized spacial score (nSPS) is 11.9. The number of benzene rings is 2. The van der Waals surface area contributed by atoms with Crippen LogP contribution in [0.1, 0.15) is 18.9 Å². The molecule has 0 amide bonds. The molecule has 2 aromatic carbocycles. The van der Waals surface area contributed by atoms with Crippen LogP contribution in [0.3, 0.4) is 0 Å². The lowest BCUT2D eigenvalue weighted by Gasteiger charge is -2.05. The molecule has 0 spiro atoms. The number of hydrogen-bond donors (Lipinski definition) is 1. The van der Waals surface area contributed by atoms with Gasteiger partial charge < -0.3 is 5.21 Å². The summed E-state index contributed by atoms with van der Waals surface area (Å²) in [6, 6.07) is 14.7. The molecule has 82 valence electrons. The van der Waals surface area contributed by atoms with Crippen molar-refractivity contribution in [3.05, 3.63) is 48.0 Å². The SMILES string of the molecule is C/C(CCc1cccc2ccccc12)=N/O. The number of rotatable bonds is 3. The van der Waals surface area contributed by atoms with E-state index in [4.69, 9.17) is 5.21 Å². The van der Waals surface area contributed by atoms with Crippen LogP contribution >= 0.6 is 0 Å². The minimum atomic E-state index is 0.771. The Kier molecular flexibility index (Phi) is 3.20. The molecule has 2 rings (SSSR count). The van der Waals surface area contributed by atoms with Crippen LogP contribution in [0.4, 0.5) is 0 Å². The molecular weight excluding hydrogens is 198 g/mol. The monoisotopic (exact) mass is 213 g/mol. The van der Waals surface area contributed by atoms with Crippen molar-refractivity contribution in [2.24, 2.45) is 5.16 Å². The molecular formula is C14H15NO. The van der Waals surface area contributed by atoms with E-state index in [1.54, 1.807) is 0 Å². The number of nitrogens with zero attached hydrogens (tertiary/aromatic N) is 1. The maximum absolute atomic E-state index is 8.61. The van der Waals surface area contributed by atoms with E-state index in [1.165, 1.54) is 16.3 Å². The molecule has 2 heteroatoms. The van der Waals surface area contributed by atoms with Crippen LogP contribution in [-0.2, 0) is 6.42 Å². The molecule has 0 unspecified atom stereocenters. The van der Waals surface area contributed by atoms with E-state index in [0.717, 1.165) is 18.6 Å². The zero-order valence-electron chi connectivity index (χ0n) is 9.35. The summed E-state index contributed by atoms with van der Waals surface area (Å²) in [4.78, 5) is 0. The van der Waals surface area contributed by atoms with Gasteiger partial charge in [0, 0.05) is 0 Å². The molecule has 2 nitrogen and oxygen atoms in total. The van der Waals surface area contributed by atoms with Crippen LogP contribution in [0.15, 0.2) is 47.6 Å². The van der Waals surface area contributed by atoms with Crippen molar-refractivity contribution >= 4 is 16.5 Å². The van der Waals surface area contributed by atoms with Gasteiger partial charge in [-0.25, -0.2) is 0 Å². The van der Waals surface area contributed by atoms with Gasteiger partial charge in [-0.1, -0.05) is 47.6 Å². The van der Waals surface area contributed by atoms with Crippen LogP contribution in [0.5, 0.6) is 0 Å². The third kappa shape index (κ3) is 2.22. The Morgan fingerprint density at radius 2 is 1.88 bits per heavy atom. The Morgan fingerprint density at radius 1 is 1.12 bits per heavy atom. The first-order chi connectivity index (χ1) is 7.81. The van der Waals surface area contributed by atoms with Crippen LogP contribution in [-0.4, -0.2) is 10.9 Å². The first kappa shape index (κ1) is 10.7. The van der Waals surface area contributed by atoms with Gasteiger partial charge in [-0.05, 0) is 36.1 Å². The third-order valence-electron chi connectivity index (χ3n) is 2.81. The van der Waals surface area contributed by atoms with Crippen molar-refractivity contribution in [2.75, 3.05) is 0 Å². The van der Waals surface area contributed by atoms with Gasteiger partial charge >= 0.3 is 0 Å². The van der Waals surface area contributed by atoms with E-state index in [9.17, 15) is 0 Å². The summed E-state index contributed by atoms with van der Waals surface area (Å²) < 4.78 is 0. The molecule has 0 fully saturated rings. The largest absolute Gasteiger partial charge is 0.411 e. The molecule has 0 atom stereocenters. The molecule has 0 radical (unpaired) electrons. The molecule has 0 aliphatic heterocycles. The zero-order chi connectivity index (χ0) is 11.4. The van der Waals surface area contributed by atoms with Gasteiger partial charge in [-0.3, -0.25) is 0 Å². The van der Waals surface area contributed by atoms with Gasteiger partial charge in [0.05, 0.1) is 5.71 Å². The average Bonchev–Trinajstić information content (AvgIpc) is 2.35. The van der Waals surface area contributed by atoms with Crippen LogP contribution in [0.25, 0.3) is 10.8 Å². The molecule has 0 bridgehead atoms. The molecule has 0 aromatic heterocycles. The van der Waals surface area contributed by atoms with Crippen LogP contribution < -0.4 is 0 Å². The van der Waals surface area contributed by atoms with E-state index in [0.29, 0.717) is 0 Å². The van der Waals surface area contributed by atoms with Crippen LogP contribution in [0, 0.1) is 0 Å². The van der Waals surface area contributed by atoms with Crippen molar-refractivity contribution in [2.45, 2.75) is 19.8 Å². The highest BCUT2D eigenvalue weighted by Gasteiger charge is 2.01. The summed E-state index contributed by atoms with van der Waals surface area (Å²) in [5.41, 5.74) is 2.08. The number of aryl methyl sites for hydroxylation is 1. The summed E-state index contributed by atoms with van der Waals surface area (Å²) in [7, 11) is 0. The van der Waals surface area contributed by atoms with E-state index in [-0.39, 0.29) is 0 Å². The fourth-order valence-electron chi connectivity index (χ4n) is 1.88. The Hall–Kier alpha value is -1.83. The number of hydrogen-bond acceptors (Lipinski definition) is 2. The predicted molar refractivity (Wildman–Crippen MR) is 67.2 cm³/mol. The highest BCUT2D eigenvalue weighted by molar-refractivity contribution is 5.87. The smallest absolute Gasteiger partial charge is 0.0543 e. The number of oxime groups is 1. The van der Waals surface area contributed by atoms with E-state index < -0.39 is 0 Å². The highest BCUT2D eigenvalue weighted by Crippen LogP contribution is 2.19. The Bertz CT molecular complexity index is 512. The van der Waals surface area contributed by atoms with Gasteiger partial charge in [-0.15, -0.1) is 0 Å². The second-order valence-corrected chi connectivity index (χ2v) is 3.97. The molecule has 0 heterocycles. The Morgan fingerprint density at radius 3 is 2.69 bits per heavy atom. The van der Waals surface area contributed by atoms with E-state index >= 15 is 0 Å². The third-order valence-corrected chi connectivity index (χ3v) is 2.81. The summed E-state index contributed by atoms with van der Waals surface area (Å²) in [5, 5.41) is 14.4. The van der Waals surface area contributed by atoms with E-state index in [1.807, 2.05) is 13.0 Å². The molecule has 0 saturated heterocycles. The number of fused-ring (bicyclic) bond motifs is 1. The van der Waals surface area contributed by atoms with Gasteiger partial charge in [0.2, 0.25) is 0 Å². The van der Waals surface area contributed by atoms with E-state index in [2.05, 4.69) is 41.6 Å². The molecule has 2 aromatic rings. The van der Waals surface area contributed by atoms with Crippen molar-refractivity contribution < 1.29 is 5.21 Å². The van der Waals surface area contributed by atoms with Crippen molar-refractivity contribution in [3.63, 3.8) is 0 Å². The summed E-state index contributed by atoms with van der Waals surface area (Å²) >= 11 is 0. The Balaban J connectivity index is 2.30. The average molecular weight is 213 g/mol. The molecule has 0 saturated carbocycles. The zero-order valence-corrected chi connectivity index (χ0v) is 9.35. The molecule has 0 aliphatic carbocycles. The van der Waals surface area contributed by atoms with Gasteiger partial charge in [0.15, 0.2) is 0 Å². The fourth-order valence-corrected chi connectivity index (χ4v) is 1.88. The quantitative estimate of drug-likeness (QED) is 0.471. The van der Waals surface area contributed by atoms with Crippen LogP contribution in [0.2, 0.25) is 0 Å². The van der Waals surface area contributed by atoms with Crippen molar-refractivity contribution in [1.82, 2.24) is 0 Å². The minimum Gasteiger partial charge on any atom is -0.411 e. The molecule has 0 aliphatic rings. The molecule has 1 N–H and O–H groups in total. The second kappa shape index (κ2) is 4.79. The second-order valence-electron chi connectivity index (χ2n) is 3.97. The minimum absolute atomic E-state index is 0.771. The standard InChI is InChI=1S/C14H15NO/c1-11(15-16)9-10-13-7-4-6-12-5-2-3-8-14(12)13/h2-8,16H,9-10H2,1H3/b15-11-. The Labute approximate surface area is 95.2 Å². The maximum atomic E-state index is 8.61. The lowest BCUT2D eigenvalue weighted by Crippen LogP contribution is -1.95. The lowest BCUT2D eigenvalue weighted by atomic mass is 10.00. The first-order valence-corrected chi connectivity index (χ1v) is 5.45. The first-order valence-electron chi connectivity index (χ1n) is 5.45. The van der Waals surface area contributed by atoms with Gasteiger partial charge in [0.25, 0.3) is 0 Å². The summed E-state index contributed by atoms with van der Waals surface area (Å²) in [6.45, 7) is 1.84. The highest BCUT2D eigenvalue weighted by atomic mass is 16.4. The van der Waals surface area contributed by atoms with Crippen molar-refractivity contribution in [1.29, 1.82) is 0 Å². The maximum Gasteiger partial charge on any atom is 0.0543 e. The van der Waals surface area contributed by atoms with Gasteiger partial charge in [-0.2, -0.15) is 0 Å². The summed E-state index contributed by atoms with van der Waals surface area (Å²) in [6.07, 6.45) is 1.71. The summed E-state index contributed by atoms with van der Waals surface area (Å²) in [5.74, 6) is 0. The van der Waals surface area contributed by atoms with Crippen molar-refractivity contribution in [3.8, 4) is 0 Å². The predicted octanol–water partition coefficient (Wildman–Crippen LogP) is 3.62. The fraction of sp³-hybridized carbons (Fsp3) is 0.214. The molecule has 16 heavy (non-hydrogen) atoms. The topological polar surface area (TPSA) is 32.6 Å². The lowest BCUT2D eigenvalue weighted by molar-refractivity contribution is 0.317. The van der Waals surface area contributed by atoms with Gasteiger partial charge in [0.1, 0.15) is 0 Å².